The first-order valence-electron chi connectivity index (χ1n) is 14.4. The van der Waals surface area contributed by atoms with Crippen molar-refractivity contribution in [1.29, 1.82) is 0 Å². The van der Waals surface area contributed by atoms with Crippen molar-refractivity contribution < 1.29 is 9.84 Å². The van der Waals surface area contributed by atoms with Crippen LogP contribution in [0, 0.1) is 45.3 Å². The van der Waals surface area contributed by atoms with Crippen LogP contribution >= 0.6 is 0 Å². The zero-order chi connectivity index (χ0) is 25.3. The van der Waals surface area contributed by atoms with E-state index in [1.165, 1.54) is 37.7 Å². The monoisotopic (exact) mass is 478 g/mol. The number of hydrogen-bond acceptors (Lipinski definition) is 2. The summed E-state index contributed by atoms with van der Waals surface area (Å²) < 4.78 is 6.75. The van der Waals surface area contributed by atoms with Crippen LogP contribution in [0.2, 0.25) is 0 Å². The van der Waals surface area contributed by atoms with Crippen LogP contribution in [0.4, 0.5) is 0 Å². The molecule has 0 aliphatic heterocycles. The summed E-state index contributed by atoms with van der Waals surface area (Å²) >= 11 is 0. The third-order valence-electron chi connectivity index (χ3n) is 13.2. The normalized spacial score (nSPS) is 51.6. The predicted molar refractivity (Wildman–Crippen MR) is 145 cm³/mol. The molecule has 0 radical (unpaired) electrons. The number of benzene rings is 1. The average molecular weight is 479 g/mol. The molecule has 10 atom stereocenters. The molecular formula is C33H50O2. The lowest BCUT2D eigenvalue weighted by molar-refractivity contribution is -0.255. The van der Waals surface area contributed by atoms with Gasteiger partial charge in [-0.25, -0.2) is 0 Å². The Hall–Kier alpha value is -1.12. The Bertz CT molecular complexity index is 942. The molecular weight excluding hydrogens is 428 g/mol. The van der Waals surface area contributed by atoms with Gasteiger partial charge in [0.2, 0.25) is 0 Å². The number of rotatable bonds is 4. The van der Waals surface area contributed by atoms with E-state index in [1.807, 2.05) is 0 Å². The molecule has 2 nitrogen and oxygen atoms in total. The highest BCUT2D eigenvalue weighted by atomic mass is 16.5. The Labute approximate surface area is 214 Å². The molecule has 4 saturated carbocycles. The van der Waals surface area contributed by atoms with E-state index in [4.69, 9.17) is 4.74 Å². The van der Waals surface area contributed by atoms with Gasteiger partial charge in [-0.05, 0) is 104 Å². The van der Waals surface area contributed by atoms with Gasteiger partial charge in [0.1, 0.15) is 0 Å². The summed E-state index contributed by atoms with van der Waals surface area (Å²) in [5.41, 5.74) is 2.05. The molecule has 1 aromatic carbocycles. The summed E-state index contributed by atoms with van der Waals surface area (Å²) in [6.45, 7) is 20.0. The summed E-state index contributed by atoms with van der Waals surface area (Å²) in [5, 5.41) is 11.0. The Morgan fingerprint density at radius 1 is 0.886 bits per heavy atom. The van der Waals surface area contributed by atoms with E-state index in [2.05, 4.69) is 84.5 Å². The first kappa shape index (κ1) is 25.5. The van der Waals surface area contributed by atoms with E-state index in [0.717, 1.165) is 25.2 Å². The van der Waals surface area contributed by atoms with Crippen molar-refractivity contribution in [3.05, 3.63) is 48.6 Å². The predicted octanol–water partition coefficient (Wildman–Crippen LogP) is 8.19. The van der Waals surface area contributed by atoms with Gasteiger partial charge < -0.3 is 9.84 Å². The fourth-order valence-corrected chi connectivity index (χ4v) is 10.4. The van der Waals surface area contributed by atoms with Gasteiger partial charge in [0.05, 0.1) is 18.3 Å². The summed E-state index contributed by atoms with van der Waals surface area (Å²) in [5.74, 6) is 2.52. The second kappa shape index (κ2) is 8.45. The fraction of sp³-hybridized carbons (Fsp3) is 0.758. The van der Waals surface area contributed by atoms with Gasteiger partial charge >= 0.3 is 0 Å². The minimum absolute atomic E-state index is 0.0549. The van der Waals surface area contributed by atoms with Crippen molar-refractivity contribution in [2.75, 3.05) is 0 Å². The van der Waals surface area contributed by atoms with Crippen LogP contribution in [-0.2, 0) is 11.3 Å². The second-order valence-electron chi connectivity index (χ2n) is 14.2. The minimum Gasteiger partial charge on any atom is -0.392 e. The molecule has 0 aromatic heterocycles. The van der Waals surface area contributed by atoms with E-state index in [9.17, 15) is 5.11 Å². The Balaban J connectivity index is 1.41. The van der Waals surface area contributed by atoms with Crippen molar-refractivity contribution in [3.63, 3.8) is 0 Å². The SMILES string of the molecule is C=C[C@@]1(C)C2CC[C@]3(C)C(CCC4C(C)C(C)(OCc5ccccc5)CC[C@]43C)[C@@]2(C)CC[C@H]1O. The molecule has 1 N–H and O–H groups in total. The van der Waals surface area contributed by atoms with E-state index in [-0.39, 0.29) is 22.5 Å². The maximum atomic E-state index is 11.0. The molecule has 4 aliphatic rings. The van der Waals surface area contributed by atoms with E-state index >= 15 is 0 Å². The van der Waals surface area contributed by atoms with Crippen LogP contribution in [0.25, 0.3) is 0 Å². The topological polar surface area (TPSA) is 29.5 Å². The van der Waals surface area contributed by atoms with Crippen LogP contribution in [0.3, 0.4) is 0 Å². The van der Waals surface area contributed by atoms with Gasteiger partial charge in [0, 0.05) is 5.41 Å². The highest BCUT2D eigenvalue weighted by Gasteiger charge is 2.69. The summed E-state index contributed by atoms with van der Waals surface area (Å²) in [7, 11) is 0. The van der Waals surface area contributed by atoms with Gasteiger partial charge in [-0.1, -0.05) is 71.0 Å². The number of aliphatic hydroxyl groups is 1. The maximum absolute atomic E-state index is 11.0. The quantitative estimate of drug-likeness (QED) is 0.442. The third kappa shape index (κ3) is 3.48. The lowest BCUT2D eigenvalue weighted by Crippen LogP contribution is -2.67. The van der Waals surface area contributed by atoms with E-state index in [0.29, 0.717) is 35.2 Å². The highest BCUT2D eigenvalue weighted by Crippen LogP contribution is 2.75. The van der Waals surface area contributed by atoms with Crippen molar-refractivity contribution >= 4 is 0 Å². The van der Waals surface area contributed by atoms with Crippen LogP contribution in [0.1, 0.15) is 98.5 Å². The Morgan fingerprint density at radius 3 is 2.29 bits per heavy atom. The molecule has 0 heterocycles. The number of ether oxygens (including phenoxy) is 1. The summed E-state index contributed by atoms with van der Waals surface area (Å²) in [4.78, 5) is 0. The van der Waals surface area contributed by atoms with Gasteiger partial charge in [0.15, 0.2) is 0 Å². The molecule has 0 amide bonds. The number of fused-ring (bicyclic) bond motifs is 5. The van der Waals surface area contributed by atoms with Crippen LogP contribution in [0.15, 0.2) is 43.0 Å². The number of hydrogen-bond donors (Lipinski definition) is 1. The molecule has 4 fully saturated rings. The standard InChI is InChI=1S/C33H50O2/c1-8-29(3)26-16-19-32(6)27(30(26,4)18-17-28(29)34)15-14-25-23(2)33(7,21-20-31(25,32)5)35-22-24-12-10-9-11-13-24/h8-13,23,25-28,34H,1,14-22H2,2-7H3/t23?,25?,26?,27?,28-,29+,30+,31-,32-,33?/m1/s1. The van der Waals surface area contributed by atoms with Gasteiger partial charge in [-0.2, -0.15) is 0 Å². The summed E-state index contributed by atoms with van der Waals surface area (Å²) in [6, 6.07) is 10.7. The first-order valence-corrected chi connectivity index (χ1v) is 14.4. The highest BCUT2D eigenvalue weighted by molar-refractivity contribution is 5.20. The van der Waals surface area contributed by atoms with Crippen LogP contribution in [0.5, 0.6) is 0 Å². The molecule has 2 heteroatoms. The largest absolute Gasteiger partial charge is 0.392 e. The third-order valence-corrected chi connectivity index (χ3v) is 13.2. The second-order valence-corrected chi connectivity index (χ2v) is 14.2. The molecule has 5 rings (SSSR count). The van der Waals surface area contributed by atoms with Gasteiger partial charge in [0.25, 0.3) is 0 Å². The van der Waals surface area contributed by atoms with Gasteiger partial charge in [-0.15, -0.1) is 6.58 Å². The average Bonchev–Trinajstić information content (AvgIpc) is 2.85. The molecule has 0 saturated heterocycles. The van der Waals surface area contributed by atoms with Crippen molar-refractivity contribution in [1.82, 2.24) is 0 Å². The van der Waals surface area contributed by atoms with Crippen LogP contribution < -0.4 is 0 Å². The first-order chi connectivity index (χ1) is 16.4. The van der Waals surface area contributed by atoms with E-state index < -0.39 is 0 Å². The fourth-order valence-electron chi connectivity index (χ4n) is 10.4. The smallest absolute Gasteiger partial charge is 0.0724 e. The molecule has 4 aliphatic carbocycles. The lowest BCUT2D eigenvalue weighted by Gasteiger charge is -2.72. The van der Waals surface area contributed by atoms with Crippen LogP contribution in [-0.4, -0.2) is 16.8 Å². The molecule has 35 heavy (non-hydrogen) atoms. The van der Waals surface area contributed by atoms with Crippen molar-refractivity contribution in [3.8, 4) is 0 Å². The zero-order valence-corrected chi connectivity index (χ0v) is 23.3. The molecule has 0 spiro atoms. The lowest BCUT2D eigenvalue weighted by atomic mass is 9.33. The number of aliphatic hydroxyl groups excluding tert-OH is 1. The van der Waals surface area contributed by atoms with E-state index in [1.54, 1.807) is 0 Å². The van der Waals surface area contributed by atoms with Gasteiger partial charge in [-0.3, -0.25) is 0 Å². The van der Waals surface area contributed by atoms with Crippen molar-refractivity contribution in [2.45, 2.75) is 111 Å². The molecule has 1 aromatic rings. The molecule has 5 unspecified atom stereocenters. The molecule has 0 bridgehead atoms. The maximum Gasteiger partial charge on any atom is 0.0724 e. The Kier molecular flexibility index (Phi) is 6.16. The van der Waals surface area contributed by atoms with Crippen molar-refractivity contribution in [2.24, 2.45) is 45.3 Å². The zero-order valence-electron chi connectivity index (χ0n) is 23.3. The Morgan fingerprint density at radius 2 is 1.60 bits per heavy atom. The summed E-state index contributed by atoms with van der Waals surface area (Å²) in [6.07, 6.45) is 11.5. The molecule has 194 valence electrons. The minimum atomic E-state index is -0.244.